The SMILES string of the molecule is O=C1NC(=O)[C@](CCCc2ccccc2)(C2CCN(Cc3cccc4nccnc34)CC2)N1. The van der Waals surface area contributed by atoms with Gasteiger partial charge in [0.05, 0.1) is 11.0 Å². The number of para-hydroxylation sites is 1. The largest absolute Gasteiger partial charge is 0.323 e. The first-order valence-corrected chi connectivity index (χ1v) is 11.7. The lowest BCUT2D eigenvalue weighted by molar-refractivity contribution is -0.127. The molecule has 1 atom stereocenters. The maximum atomic E-state index is 12.9. The Morgan fingerprint density at radius 2 is 1.76 bits per heavy atom. The summed E-state index contributed by atoms with van der Waals surface area (Å²) in [5.41, 5.74) is 3.48. The van der Waals surface area contributed by atoms with Crippen molar-refractivity contribution in [3.05, 3.63) is 72.1 Å². The summed E-state index contributed by atoms with van der Waals surface area (Å²) in [5.74, 6) is -0.0355. The fourth-order valence-corrected chi connectivity index (χ4v) is 5.39. The van der Waals surface area contributed by atoms with Crippen LogP contribution in [0.4, 0.5) is 4.79 Å². The number of rotatable bonds is 7. The Kier molecular flexibility index (Phi) is 6.05. The van der Waals surface area contributed by atoms with Crippen LogP contribution in [0.1, 0.15) is 36.8 Å². The highest BCUT2D eigenvalue weighted by molar-refractivity contribution is 6.07. The van der Waals surface area contributed by atoms with Crippen LogP contribution in [0.2, 0.25) is 0 Å². The molecule has 5 rings (SSSR count). The molecule has 3 aromatic rings. The van der Waals surface area contributed by atoms with Gasteiger partial charge in [-0.2, -0.15) is 0 Å². The minimum atomic E-state index is -0.803. The van der Waals surface area contributed by atoms with Gasteiger partial charge < -0.3 is 5.32 Å². The Bertz CT molecular complexity index is 1140. The maximum absolute atomic E-state index is 12.9. The fraction of sp³-hybridized carbons (Fsp3) is 0.385. The van der Waals surface area contributed by atoms with E-state index in [1.807, 2.05) is 30.3 Å². The molecule has 0 spiro atoms. The highest BCUT2D eigenvalue weighted by Gasteiger charge is 2.51. The second-order valence-corrected chi connectivity index (χ2v) is 9.11. The second kappa shape index (κ2) is 9.27. The summed E-state index contributed by atoms with van der Waals surface area (Å²) < 4.78 is 0. The van der Waals surface area contributed by atoms with Crippen LogP contribution in [-0.4, -0.2) is 45.4 Å². The number of nitrogens with one attached hydrogen (secondary N) is 2. The molecule has 3 amide bonds. The van der Waals surface area contributed by atoms with Gasteiger partial charge in [-0.15, -0.1) is 0 Å². The van der Waals surface area contributed by atoms with E-state index in [-0.39, 0.29) is 17.9 Å². The first-order valence-electron chi connectivity index (χ1n) is 11.7. The van der Waals surface area contributed by atoms with Crippen molar-refractivity contribution in [3.8, 4) is 0 Å². The van der Waals surface area contributed by atoms with Gasteiger partial charge in [0, 0.05) is 18.9 Å². The number of likely N-dealkylation sites (tertiary alicyclic amines) is 1. The van der Waals surface area contributed by atoms with Crippen LogP contribution in [0.15, 0.2) is 60.9 Å². The van der Waals surface area contributed by atoms with Gasteiger partial charge in [-0.1, -0.05) is 42.5 Å². The summed E-state index contributed by atoms with van der Waals surface area (Å²) in [5, 5.41) is 5.53. The predicted octanol–water partition coefficient (Wildman–Crippen LogP) is 3.44. The van der Waals surface area contributed by atoms with Crippen molar-refractivity contribution in [3.63, 3.8) is 0 Å². The topological polar surface area (TPSA) is 87.2 Å². The number of fused-ring (bicyclic) bond motifs is 1. The van der Waals surface area contributed by atoms with Crippen molar-refractivity contribution in [2.75, 3.05) is 13.1 Å². The van der Waals surface area contributed by atoms with Gasteiger partial charge in [-0.3, -0.25) is 25.0 Å². The molecule has 170 valence electrons. The van der Waals surface area contributed by atoms with E-state index >= 15 is 0 Å². The number of aromatic nitrogens is 2. The van der Waals surface area contributed by atoms with Crippen molar-refractivity contribution in [2.45, 2.75) is 44.2 Å². The number of aryl methyl sites for hydroxylation is 1. The lowest BCUT2D eigenvalue weighted by Crippen LogP contribution is -2.56. The Balaban J connectivity index is 1.25. The molecule has 0 unspecified atom stereocenters. The number of carbonyl (C=O) groups is 2. The molecule has 7 nitrogen and oxygen atoms in total. The lowest BCUT2D eigenvalue weighted by atomic mass is 9.74. The summed E-state index contributed by atoms with van der Waals surface area (Å²) in [6.07, 6.45) is 7.60. The maximum Gasteiger partial charge on any atom is 0.322 e. The second-order valence-electron chi connectivity index (χ2n) is 9.11. The summed E-state index contributed by atoms with van der Waals surface area (Å²) in [4.78, 5) is 36.4. The summed E-state index contributed by atoms with van der Waals surface area (Å²) in [7, 11) is 0. The number of hydrogen-bond donors (Lipinski definition) is 2. The number of amides is 3. The molecule has 33 heavy (non-hydrogen) atoms. The van der Waals surface area contributed by atoms with Gasteiger partial charge in [-0.05, 0) is 68.3 Å². The third kappa shape index (κ3) is 4.46. The predicted molar refractivity (Wildman–Crippen MR) is 126 cm³/mol. The number of piperidine rings is 1. The van der Waals surface area contributed by atoms with Crippen molar-refractivity contribution >= 4 is 23.0 Å². The van der Waals surface area contributed by atoms with Gasteiger partial charge in [-0.25, -0.2) is 4.79 Å². The van der Waals surface area contributed by atoms with Crippen LogP contribution in [-0.2, 0) is 17.8 Å². The average molecular weight is 444 g/mol. The van der Waals surface area contributed by atoms with Crippen LogP contribution in [0.25, 0.3) is 11.0 Å². The van der Waals surface area contributed by atoms with E-state index in [4.69, 9.17) is 0 Å². The molecular weight excluding hydrogens is 414 g/mol. The number of carbonyl (C=O) groups excluding carboxylic acids is 2. The fourth-order valence-electron chi connectivity index (χ4n) is 5.39. The van der Waals surface area contributed by atoms with E-state index in [0.29, 0.717) is 6.42 Å². The van der Waals surface area contributed by atoms with Gasteiger partial charge >= 0.3 is 6.03 Å². The summed E-state index contributed by atoms with van der Waals surface area (Å²) in [6.45, 7) is 2.57. The molecule has 0 saturated carbocycles. The quantitative estimate of drug-likeness (QED) is 0.546. The first-order chi connectivity index (χ1) is 16.1. The lowest BCUT2D eigenvalue weighted by Gasteiger charge is -2.40. The van der Waals surface area contributed by atoms with Crippen molar-refractivity contribution in [1.82, 2.24) is 25.5 Å². The zero-order chi connectivity index (χ0) is 22.7. The van der Waals surface area contributed by atoms with Gasteiger partial charge in [0.1, 0.15) is 5.54 Å². The Labute approximate surface area is 193 Å². The molecule has 3 heterocycles. The van der Waals surface area contributed by atoms with Crippen LogP contribution >= 0.6 is 0 Å². The molecule has 2 N–H and O–H groups in total. The van der Waals surface area contributed by atoms with Crippen LogP contribution in [0, 0.1) is 5.92 Å². The van der Waals surface area contributed by atoms with E-state index in [2.05, 4.69) is 43.7 Å². The molecule has 0 bridgehead atoms. The zero-order valence-corrected chi connectivity index (χ0v) is 18.7. The third-order valence-electron chi connectivity index (χ3n) is 7.11. The van der Waals surface area contributed by atoms with Gasteiger partial charge in [0.2, 0.25) is 0 Å². The molecule has 7 heteroatoms. The summed E-state index contributed by atoms with van der Waals surface area (Å²) >= 11 is 0. The van der Waals surface area contributed by atoms with Crippen molar-refractivity contribution in [1.29, 1.82) is 0 Å². The highest BCUT2D eigenvalue weighted by atomic mass is 16.2. The average Bonchev–Trinajstić information content (AvgIpc) is 3.14. The van der Waals surface area contributed by atoms with E-state index in [0.717, 1.165) is 56.4 Å². The minimum absolute atomic E-state index is 0.128. The number of hydrogen-bond acceptors (Lipinski definition) is 5. The van der Waals surface area contributed by atoms with Gasteiger partial charge in [0.15, 0.2) is 0 Å². The number of nitrogens with zero attached hydrogens (tertiary/aromatic N) is 3. The molecule has 2 fully saturated rings. The molecule has 1 aromatic heterocycles. The van der Waals surface area contributed by atoms with Gasteiger partial charge in [0.25, 0.3) is 5.91 Å². The Hall–Kier alpha value is -3.32. The van der Waals surface area contributed by atoms with E-state index < -0.39 is 5.54 Å². The number of imide groups is 1. The monoisotopic (exact) mass is 443 g/mol. The minimum Gasteiger partial charge on any atom is -0.323 e. The summed E-state index contributed by atoms with van der Waals surface area (Å²) in [6, 6.07) is 16.0. The zero-order valence-electron chi connectivity index (χ0n) is 18.7. The van der Waals surface area contributed by atoms with E-state index in [1.165, 1.54) is 11.1 Å². The molecule has 2 saturated heterocycles. The normalized spacial score (nSPS) is 21.8. The standard InChI is InChI=1S/C26H29N5O2/c32-24-26(30-25(33)29-24,13-5-8-19-6-2-1-3-7-19)21-11-16-31(17-12-21)18-20-9-4-10-22-23(20)28-15-14-27-22/h1-4,6-7,9-10,14-15,21H,5,8,11-13,16-18H2,(H2,29,30,32,33)/t26-/m0/s1. The molecule has 2 aliphatic rings. The molecule has 2 aliphatic heterocycles. The van der Waals surface area contributed by atoms with Crippen molar-refractivity contribution < 1.29 is 9.59 Å². The van der Waals surface area contributed by atoms with E-state index in [1.54, 1.807) is 12.4 Å². The molecule has 2 aromatic carbocycles. The highest BCUT2D eigenvalue weighted by Crippen LogP contribution is 2.35. The number of urea groups is 1. The number of benzene rings is 2. The van der Waals surface area contributed by atoms with Crippen LogP contribution in [0.5, 0.6) is 0 Å². The Morgan fingerprint density at radius 1 is 0.970 bits per heavy atom. The Morgan fingerprint density at radius 3 is 2.52 bits per heavy atom. The van der Waals surface area contributed by atoms with Crippen molar-refractivity contribution in [2.24, 2.45) is 5.92 Å². The van der Waals surface area contributed by atoms with Crippen LogP contribution < -0.4 is 10.6 Å². The molecule has 0 aliphatic carbocycles. The first kappa shape index (κ1) is 21.5. The molecule has 0 radical (unpaired) electrons. The third-order valence-corrected chi connectivity index (χ3v) is 7.11. The smallest absolute Gasteiger partial charge is 0.322 e. The van der Waals surface area contributed by atoms with Crippen LogP contribution in [0.3, 0.4) is 0 Å². The van der Waals surface area contributed by atoms with E-state index in [9.17, 15) is 9.59 Å². The molecular formula is C26H29N5O2.